The molecule has 0 saturated heterocycles. The number of carbonyl (C=O) groups is 1. The fraction of sp³-hybridized carbons (Fsp3) is 0.188. The summed E-state index contributed by atoms with van der Waals surface area (Å²) in [5.41, 5.74) is 1.34. The summed E-state index contributed by atoms with van der Waals surface area (Å²) in [4.78, 5) is 12.2. The highest BCUT2D eigenvalue weighted by molar-refractivity contribution is 6.32. The predicted octanol–water partition coefficient (Wildman–Crippen LogP) is 3.88. The Bertz CT molecular complexity index is 714. The predicted molar refractivity (Wildman–Crippen MR) is 81.3 cm³/mol. The number of nitrogens with one attached hydrogen (secondary N) is 1. The molecule has 1 heterocycles. The van der Waals surface area contributed by atoms with Crippen LogP contribution in [0.4, 0.5) is 14.5 Å². The van der Waals surface area contributed by atoms with E-state index in [2.05, 4.69) is 10.1 Å². The molecule has 1 atom stereocenters. The number of hydrogen-bond acceptors (Lipinski definition) is 3. The molecule has 0 aliphatic carbocycles. The Balaban J connectivity index is 1.66. The Labute approximate surface area is 136 Å². The first kappa shape index (κ1) is 15.6. The number of fused-ring (bicyclic) bond motifs is 1. The topological polar surface area (TPSA) is 47.6 Å². The van der Waals surface area contributed by atoms with Crippen LogP contribution in [0.1, 0.15) is 5.56 Å². The number of hydrogen-bond donors (Lipinski definition) is 1. The Hall–Kier alpha value is -2.34. The van der Waals surface area contributed by atoms with Crippen LogP contribution in [-0.4, -0.2) is 18.6 Å². The molecule has 0 fully saturated rings. The zero-order valence-electron chi connectivity index (χ0n) is 11.8. The van der Waals surface area contributed by atoms with E-state index in [1.165, 1.54) is 18.2 Å². The number of benzene rings is 2. The molecule has 7 heteroatoms. The number of rotatable bonds is 4. The van der Waals surface area contributed by atoms with Gasteiger partial charge in [-0.05, 0) is 29.8 Å². The Kier molecular flexibility index (Phi) is 4.34. The van der Waals surface area contributed by atoms with Crippen LogP contribution in [0, 0.1) is 0 Å². The van der Waals surface area contributed by atoms with Gasteiger partial charge in [0.2, 0.25) is 0 Å². The molecule has 0 radical (unpaired) electrons. The van der Waals surface area contributed by atoms with E-state index < -0.39 is 12.7 Å². The van der Waals surface area contributed by atoms with E-state index in [0.717, 1.165) is 5.56 Å². The highest BCUT2D eigenvalue weighted by Crippen LogP contribution is 2.31. The molecule has 1 unspecified atom stereocenters. The summed E-state index contributed by atoms with van der Waals surface area (Å²) in [7, 11) is 0. The van der Waals surface area contributed by atoms with Crippen molar-refractivity contribution >= 4 is 23.2 Å². The van der Waals surface area contributed by atoms with Crippen molar-refractivity contribution in [1.82, 2.24) is 0 Å². The Morgan fingerprint density at radius 3 is 2.78 bits per heavy atom. The maximum Gasteiger partial charge on any atom is 0.387 e. The van der Waals surface area contributed by atoms with Crippen molar-refractivity contribution in [3.05, 3.63) is 53.1 Å². The van der Waals surface area contributed by atoms with Gasteiger partial charge in [0.1, 0.15) is 11.5 Å². The van der Waals surface area contributed by atoms with Gasteiger partial charge in [-0.25, -0.2) is 0 Å². The molecule has 1 aliphatic rings. The smallest absolute Gasteiger partial charge is 0.387 e. The molecule has 0 aromatic heterocycles. The number of anilines is 1. The second-order valence-corrected chi connectivity index (χ2v) is 5.34. The fourth-order valence-corrected chi connectivity index (χ4v) is 2.55. The molecule has 2 aromatic carbocycles. The third kappa shape index (κ3) is 3.53. The molecular formula is C16H12ClF2NO3. The maximum atomic E-state index is 12.2. The van der Waals surface area contributed by atoms with Crippen molar-refractivity contribution in [2.24, 2.45) is 0 Å². The molecule has 1 aliphatic heterocycles. The average molecular weight is 340 g/mol. The molecule has 23 heavy (non-hydrogen) atoms. The molecule has 1 N–H and O–H groups in total. The molecule has 3 rings (SSSR count). The first-order chi connectivity index (χ1) is 11.0. The molecule has 2 aromatic rings. The quantitative estimate of drug-likeness (QED) is 0.919. The lowest BCUT2D eigenvalue weighted by molar-refractivity contribution is -0.122. The highest BCUT2D eigenvalue weighted by atomic mass is 35.5. The van der Waals surface area contributed by atoms with Gasteiger partial charge >= 0.3 is 6.61 Å². The van der Waals surface area contributed by atoms with E-state index in [0.29, 0.717) is 17.9 Å². The number of carbonyl (C=O) groups excluding carboxylic acids is 1. The lowest BCUT2D eigenvalue weighted by Crippen LogP contribution is -2.31. The standard InChI is InChI=1S/C16H12ClF2NO3/c17-11-8-10(5-6-13(11)23-16(18)19)20-15(21)14-7-9-3-1-2-4-12(9)22-14/h1-6,8,14,16H,7H2,(H,20,21). The van der Waals surface area contributed by atoms with E-state index in [1.54, 1.807) is 6.07 Å². The molecule has 0 spiro atoms. The number of ether oxygens (including phenoxy) is 2. The van der Waals surface area contributed by atoms with Gasteiger partial charge in [0.15, 0.2) is 6.10 Å². The van der Waals surface area contributed by atoms with Crippen LogP contribution in [0.15, 0.2) is 42.5 Å². The maximum absolute atomic E-state index is 12.2. The summed E-state index contributed by atoms with van der Waals surface area (Å²) >= 11 is 5.85. The summed E-state index contributed by atoms with van der Waals surface area (Å²) < 4.78 is 34.2. The summed E-state index contributed by atoms with van der Waals surface area (Å²) in [5.74, 6) is 0.204. The molecule has 120 valence electrons. The Morgan fingerprint density at radius 1 is 1.30 bits per heavy atom. The van der Waals surface area contributed by atoms with E-state index in [-0.39, 0.29) is 16.7 Å². The van der Waals surface area contributed by atoms with E-state index in [4.69, 9.17) is 16.3 Å². The van der Waals surface area contributed by atoms with Crippen LogP contribution >= 0.6 is 11.6 Å². The molecule has 4 nitrogen and oxygen atoms in total. The summed E-state index contributed by atoms with van der Waals surface area (Å²) in [6, 6.07) is 11.5. The minimum absolute atomic E-state index is 0.0151. The van der Waals surface area contributed by atoms with Gasteiger partial charge in [0.25, 0.3) is 5.91 Å². The van der Waals surface area contributed by atoms with Crippen LogP contribution < -0.4 is 14.8 Å². The van der Waals surface area contributed by atoms with Crippen LogP contribution in [-0.2, 0) is 11.2 Å². The zero-order valence-corrected chi connectivity index (χ0v) is 12.5. The number of amides is 1. The lowest BCUT2D eigenvalue weighted by atomic mass is 10.1. The Morgan fingerprint density at radius 2 is 2.09 bits per heavy atom. The van der Waals surface area contributed by atoms with Gasteiger partial charge in [0, 0.05) is 12.1 Å². The van der Waals surface area contributed by atoms with Crippen LogP contribution in [0.5, 0.6) is 11.5 Å². The first-order valence-electron chi connectivity index (χ1n) is 6.83. The summed E-state index contributed by atoms with van der Waals surface area (Å²) in [5, 5.41) is 2.63. The molecule has 0 saturated carbocycles. The van der Waals surface area contributed by atoms with Gasteiger partial charge < -0.3 is 14.8 Å². The fourth-order valence-electron chi connectivity index (χ4n) is 2.32. The van der Waals surface area contributed by atoms with Crippen molar-refractivity contribution < 1.29 is 23.0 Å². The molecule has 0 bridgehead atoms. The van der Waals surface area contributed by atoms with E-state index >= 15 is 0 Å². The van der Waals surface area contributed by atoms with E-state index in [1.807, 2.05) is 18.2 Å². The van der Waals surface area contributed by atoms with Crippen molar-refractivity contribution in [3.63, 3.8) is 0 Å². The average Bonchev–Trinajstić information content (AvgIpc) is 2.94. The third-order valence-electron chi connectivity index (χ3n) is 3.36. The minimum atomic E-state index is -2.96. The van der Waals surface area contributed by atoms with Gasteiger partial charge in [-0.3, -0.25) is 4.79 Å². The van der Waals surface area contributed by atoms with Crippen molar-refractivity contribution in [2.75, 3.05) is 5.32 Å². The normalized spacial score (nSPS) is 15.9. The van der Waals surface area contributed by atoms with Gasteiger partial charge in [-0.2, -0.15) is 8.78 Å². The lowest BCUT2D eigenvalue weighted by Gasteiger charge is -2.13. The van der Waals surface area contributed by atoms with Crippen molar-refractivity contribution in [3.8, 4) is 11.5 Å². The number of halogens is 3. The summed E-state index contributed by atoms with van der Waals surface area (Å²) in [6.45, 7) is -2.96. The summed E-state index contributed by atoms with van der Waals surface area (Å²) in [6.07, 6.45) is -0.161. The minimum Gasteiger partial charge on any atom is -0.480 e. The van der Waals surface area contributed by atoms with Crippen molar-refractivity contribution in [1.29, 1.82) is 0 Å². The van der Waals surface area contributed by atoms with Crippen LogP contribution in [0.3, 0.4) is 0 Å². The SMILES string of the molecule is O=C(Nc1ccc(OC(F)F)c(Cl)c1)C1Cc2ccccc2O1. The van der Waals surface area contributed by atoms with Gasteiger partial charge in [-0.15, -0.1) is 0 Å². The second kappa shape index (κ2) is 6.42. The number of alkyl halides is 2. The largest absolute Gasteiger partial charge is 0.480 e. The van der Waals surface area contributed by atoms with E-state index in [9.17, 15) is 13.6 Å². The van der Waals surface area contributed by atoms with Gasteiger partial charge in [0.05, 0.1) is 5.02 Å². The van der Waals surface area contributed by atoms with Gasteiger partial charge in [-0.1, -0.05) is 29.8 Å². The first-order valence-corrected chi connectivity index (χ1v) is 7.20. The monoisotopic (exact) mass is 339 g/mol. The number of para-hydroxylation sites is 1. The zero-order chi connectivity index (χ0) is 16.4. The molecule has 1 amide bonds. The third-order valence-corrected chi connectivity index (χ3v) is 3.65. The van der Waals surface area contributed by atoms with Crippen LogP contribution in [0.25, 0.3) is 0 Å². The van der Waals surface area contributed by atoms with Crippen LogP contribution in [0.2, 0.25) is 5.02 Å². The highest BCUT2D eigenvalue weighted by Gasteiger charge is 2.28. The molecular weight excluding hydrogens is 328 g/mol. The van der Waals surface area contributed by atoms with Crippen molar-refractivity contribution in [2.45, 2.75) is 19.1 Å². The second-order valence-electron chi connectivity index (χ2n) is 4.93.